The molecule has 88 valence electrons. The predicted molar refractivity (Wildman–Crippen MR) is 62.9 cm³/mol. The van der Waals surface area contributed by atoms with Crippen molar-refractivity contribution in [2.45, 2.75) is 18.9 Å². The van der Waals surface area contributed by atoms with Crippen LogP contribution in [0.1, 0.15) is 24.8 Å². The first-order valence-electron chi connectivity index (χ1n) is 5.37. The minimum Gasteiger partial charge on any atom is -0.395 e. The van der Waals surface area contributed by atoms with Crippen molar-refractivity contribution in [1.29, 1.82) is 0 Å². The number of aromatic amines is 1. The number of aliphatic hydroxyl groups is 1. The van der Waals surface area contributed by atoms with Gasteiger partial charge >= 0.3 is 0 Å². The van der Waals surface area contributed by atoms with Crippen LogP contribution in [0.15, 0.2) is 6.07 Å². The monoisotopic (exact) mass is 241 g/mol. The van der Waals surface area contributed by atoms with Crippen LogP contribution in [0.3, 0.4) is 0 Å². The number of aromatic nitrogens is 2. The van der Waals surface area contributed by atoms with Crippen LogP contribution in [0.4, 0.5) is 5.82 Å². The predicted octanol–water partition coefficient (Wildman–Crippen LogP) is 1.39. The highest BCUT2D eigenvalue weighted by Gasteiger charge is 2.19. The highest BCUT2D eigenvalue weighted by atomic mass is 32.1. The number of nitrogens with one attached hydrogen (secondary N) is 2. The number of H-pyrrole nitrogens is 1. The van der Waals surface area contributed by atoms with Gasteiger partial charge in [0.05, 0.1) is 6.61 Å². The van der Waals surface area contributed by atoms with Gasteiger partial charge in [-0.3, -0.25) is 0 Å². The second-order valence-electron chi connectivity index (χ2n) is 3.67. The molecule has 1 unspecified atom stereocenters. The van der Waals surface area contributed by atoms with Crippen LogP contribution in [-0.2, 0) is 4.74 Å². The van der Waals surface area contributed by atoms with Crippen molar-refractivity contribution in [1.82, 2.24) is 9.97 Å². The molecule has 1 atom stereocenters. The van der Waals surface area contributed by atoms with E-state index >= 15 is 0 Å². The Morgan fingerprint density at radius 1 is 1.69 bits per heavy atom. The van der Waals surface area contributed by atoms with Gasteiger partial charge in [0.15, 0.2) is 0 Å². The van der Waals surface area contributed by atoms with Crippen molar-refractivity contribution in [2.75, 3.05) is 25.1 Å². The summed E-state index contributed by atoms with van der Waals surface area (Å²) in [5, 5.41) is 11.8. The van der Waals surface area contributed by atoms with E-state index in [-0.39, 0.29) is 12.7 Å². The second kappa shape index (κ2) is 5.38. The van der Waals surface area contributed by atoms with Crippen LogP contribution in [0.25, 0.3) is 0 Å². The second-order valence-corrected chi connectivity index (χ2v) is 4.09. The molecule has 3 N–H and O–H groups in total. The topological polar surface area (TPSA) is 70.2 Å². The SMILES string of the molecule is OCCNc1cc(=S)nc(C2CCCO2)[nH]1. The lowest BCUT2D eigenvalue weighted by molar-refractivity contribution is 0.105. The Kier molecular flexibility index (Phi) is 3.87. The molecule has 0 radical (unpaired) electrons. The maximum Gasteiger partial charge on any atom is 0.138 e. The zero-order chi connectivity index (χ0) is 11.4. The van der Waals surface area contributed by atoms with E-state index in [0.29, 0.717) is 11.2 Å². The van der Waals surface area contributed by atoms with E-state index in [4.69, 9.17) is 22.1 Å². The summed E-state index contributed by atoms with van der Waals surface area (Å²) in [5.74, 6) is 1.55. The molecule has 1 aliphatic rings. The van der Waals surface area contributed by atoms with Crippen LogP contribution in [0.5, 0.6) is 0 Å². The molecule has 1 fully saturated rings. The largest absolute Gasteiger partial charge is 0.395 e. The van der Waals surface area contributed by atoms with Crippen molar-refractivity contribution in [3.63, 3.8) is 0 Å². The molecule has 0 saturated carbocycles. The van der Waals surface area contributed by atoms with Crippen LogP contribution in [-0.4, -0.2) is 34.8 Å². The highest BCUT2D eigenvalue weighted by molar-refractivity contribution is 7.71. The van der Waals surface area contributed by atoms with E-state index in [1.165, 1.54) is 0 Å². The quantitative estimate of drug-likeness (QED) is 0.695. The number of hydrogen-bond acceptors (Lipinski definition) is 5. The Bertz CT molecular complexity index is 401. The van der Waals surface area contributed by atoms with E-state index in [2.05, 4.69) is 15.3 Å². The van der Waals surface area contributed by atoms with Gasteiger partial charge in [-0.1, -0.05) is 12.2 Å². The summed E-state index contributed by atoms with van der Waals surface area (Å²) >= 11 is 5.08. The van der Waals surface area contributed by atoms with Crippen LogP contribution >= 0.6 is 12.2 Å². The summed E-state index contributed by atoms with van der Waals surface area (Å²) in [6.07, 6.45) is 2.06. The van der Waals surface area contributed by atoms with Gasteiger partial charge < -0.3 is 20.1 Å². The fourth-order valence-electron chi connectivity index (χ4n) is 1.71. The van der Waals surface area contributed by atoms with Crippen LogP contribution in [0, 0.1) is 4.64 Å². The zero-order valence-corrected chi connectivity index (χ0v) is 9.72. The zero-order valence-electron chi connectivity index (χ0n) is 8.90. The summed E-state index contributed by atoms with van der Waals surface area (Å²) < 4.78 is 6.07. The molecule has 0 bridgehead atoms. The van der Waals surface area contributed by atoms with Gasteiger partial charge in [0.2, 0.25) is 0 Å². The third-order valence-electron chi connectivity index (χ3n) is 2.42. The van der Waals surface area contributed by atoms with E-state index in [0.717, 1.165) is 31.1 Å². The molecule has 16 heavy (non-hydrogen) atoms. The number of rotatable bonds is 4. The summed E-state index contributed by atoms with van der Waals surface area (Å²) in [6, 6.07) is 1.74. The lowest BCUT2D eigenvalue weighted by atomic mass is 10.2. The molecular formula is C10H15N3O2S. The number of nitrogens with zero attached hydrogens (tertiary/aromatic N) is 1. The summed E-state index contributed by atoms with van der Waals surface area (Å²) in [5.41, 5.74) is 0. The fraction of sp³-hybridized carbons (Fsp3) is 0.600. The summed E-state index contributed by atoms with van der Waals surface area (Å²) in [4.78, 5) is 7.39. The van der Waals surface area contributed by atoms with Crippen LogP contribution in [0.2, 0.25) is 0 Å². The van der Waals surface area contributed by atoms with E-state index in [9.17, 15) is 0 Å². The Hall–Kier alpha value is -0.980. The minimum atomic E-state index is 0.0255. The molecule has 0 aromatic carbocycles. The third-order valence-corrected chi connectivity index (χ3v) is 2.63. The van der Waals surface area contributed by atoms with Crippen LogP contribution < -0.4 is 5.32 Å². The van der Waals surface area contributed by atoms with Gasteiger partial charge in [-0.2, -0.15) is 0 Å². The molecule has 1 aromatic heterocycles. The Morgan fingerprint density at radius 3 is 3.25 bits per heavy atom. The fourth-order valence-corrected chi connectivity index (χ4v) is 1.92. The smallest absolute Gasteiger partial charge is 0.138 e. The van der Waals surface area contributed by atoms with Gasteiger partial charge in [-0.15, -0.1) is 0 Å². The first-order valence-corrected chi connectivity index (χ1v) is 5.78. The third kappa shape index (κ3) is 2.78. The van der Waals surface area contributed by atoms with Gasteiger partial charge in [-0.05, 0) is 12.8 Å². The lowest BCUT2D eigenvalue weighted by Crippen LogP contribution is -2.10. The van der Waals surface area contributed by atoms with E-state index in [1.807, 2.05) is 0 Å². The molecule has 0 spiro atoms. The van der Waals surface area contributed by atoms with Gasteiger partial charge in [0, 0.05) is 19.2 Å². The van der Waals surface area contributed by atoms with Crippen molar-refractivity contribution >= 4 is 18.0 Å². The molecule has 5 nitrogen and oxygen atoms in total. The normalized spacial score (nSPS) is 19.9. The Balaban J connectivity index is 2.17. The Morgan fingerprint density at radius 2 is 2.56 bits per heavy atom. The number of hydrogen-bond donors (Lipinski definition) is 3. The molecule has 6 heteroatoms. The minimum absolute atomic E-state index is 0.0255. The maximum atomic E-state index is 8.73. The standard InChI is InChI=1S/C10H15N3O2S/c14-4-3-11-8-6-9(16)13-10(12-8)7-2-1-5-15-7/h6-7,14H,1-5H2,(H2,11,12,13,16). The molecule has 0 amide bonds. The molecule has 2 rings (SSSR count). The Labute approximate surface area is 98.9 Å². The summed E-state index contributed by atoms with van der Waals surface area (Å²) in [6.45, 7) is 1.35. The summed E-state index contributed by atoms with van der Waals surface area (Å²) in [7, 11) is 0. The van der Waals surface area contributed by atoms with Gasteiger partial charge in [-0.25, -0.2) is 4.98 Å². The average Bonchev–Trinajstić information content (AvgIpc) is 2.79. The van der Waals surface area contributed by atoms with E-state index in [1.54, 1.807) is 6.07 Å². The molecule has 1 saturated heterocycles. The first-order chi connectivity index (χ1) is 7.79. The van der Waals surface area contributed by atoms with Crippen molar-refractivity contribution in [3.05, 3.63) is 16.5 Å². The molecule has 0 aliphatic carbocycles. The lowest BCUT2D eigenvalue weighted by Gasteiger charge is -2.11. The van der Waals surface area contributed by atoms with Crippen molar-refractivity contribution in [2.24, 2.45) is 0 Å². The van der Waals surface area contributed by atoms with Crippen molar-refractivity contribution in [3.8, 4) is 0 Å². The average molecular weight is 241 g/mol. The first kappa shape index (κ1) is 11.5. The maximum absolute atomic E-state index is 8.73. The number of aliphatic hydroxyl groups excluding tert-OH is 1. The van der Waals surface area contributed by atoms with Gasteiger partial charge in [0.1, 0.15) is 22.4 Å². The highest BCUT2D eigenvalue weighted by Crippen LogP contribution is 2.26. The number of ether oxygens (including phenoxy) is 1. The van der Waals surface area contributed by atoms with E-state index < -0.39 is 0 Å². The van der Waals surface area contributed by atoms with Crippen molar-refractivity contribution < 1.29 is 9.84 Å². The molecular weight excluding hydrogens is 226 g/mol. The molecule has 2 heterocycles. The molecule has 1 aliphatic heterocycles. The van der Waals surface area contributed by atoms with Gasteiger partial charge in [0.25, 0.3) is 0 Å². The molecule has 1 aromatic rings. The number of anilines is 1.